The molecule has 2 rings (SSSR count). The van der Waals surface area contributed by atoms with Crippen LogP contribution < -0.4 is 5.32 Å². The molecule has 1 atom stereocenters. The molecule has 112 valence electrons. The van der Waals surface area contributed by atoms with Gasteiger partial charge in [-0.25, -0.2) is 4.98 Å². The van der Waals surface area contributed by atoms with Gasteiger partial charge in [0.2, 0.25) is 5.91 Å². The van der Waals surface area contributed by atoms with E-state index in [1.807, 2.05) is 37.1 Å². The van der Waals surface area contributed by atoms with E-state index in [4.69, 9.17) is 11.6 Å². The molecule has 0 fully saturated rings. The monoisotopic (exact) mass is 306 g/mol. The fraction of sp³-hybridized carbons (Fsp3) is 0.333. The molecule has 6 heteroatoms. The van der Waals surface area contributed by atoms with Crippen LogP contribution in [0.3, 0.4) is 0 Å². The molecule has 0 spiro atoms. The number of halogens is 1. The third-order valence-electron chi connectivity index (χ3n) is 3.35. The number of fused-ring (bicyclic) bond motifs is 1. The first-order valence-electron chi connectivity index (χ1n) is 6.74. The Morgan fingerprint density at radius 3 is 3.10 bits per heavy atom. The molecule has 2 aromatic rings. The minimum Gasteiger partial charge on any atom is -0.351 e. The summed E-state index contributed by atoms with van der Waals surface area (Å²) in [5.74, 6) is 0.773. The fourth-order valence-corrected chi connectivity index (χ4v) is 2.18. The van der Waals surface area contributed by atoms with Crippen molar-refractivity contribution in [3.63, 3.8) is 0 Å². The van der Waals surface area contributed by atoms with Crippen molar-refractivity contribution in [2.24, 2.45) is 0 Å². The van der Waals surface area contributed by atoms with Crippen LogP contribution in [0.5, 0.6) is 0 Å². The zero-order valence-corrected chi connectivity index (χ0v) is 12.9. The number of benzene rings is 1. The molecular weight excluding hydrogens is 288 g/mol. The van der Waals surface area contributed by atoms with Crippen molar-refractivity contribution in [1.29, 1.82) is 0 Å². The van der Waals surface area contributed by atoms with Gasteiger partial charge in [-0.2, -0.15) is 0 Å². The molecule has 1 heterocycles. The number of aromatic nitrogens is 2. The minimum atomic E-state index is -0.248. The molecule has 2 N–H and O–H groups in total. The molecule has 21 heavy (non-hydrogen) atoms. The number of imidazole rings is 1. The van der Waals surface area contributed by atoms with Gasteiger partial charge in [-0.1, -0.05) is 17.7 Å². The number of aromatic amines is 1. The highest BCUT2D eigenvalue weighted by Gasteiger charge is 2.18. The molecule has 0 radical (unpaired) electrons. The molecule has 0 unspecified atom stereocenters. The Bertz CT molecular complexity index is 652. The maximum atomic E-state index is 11.9. The summed E-state index contributed by atoms with van der Waals surface area (Å²) < 4.78 is 0. The van der Waals surface area contributed by atoms with Crippen LogP contribution in [0, 0.1) is 0 Å². The van der Waals surface area contributed by atoms with E-state index < -0.39 is 0 Å². The van der Waals surface area contributed by atoms with Crippen LogP contribution >= 0.6 is 11.6 Å². The van der Waals surface area contributed by atoms with Crippen LogP contribution in [0.4, 0.5) is 0 Å². The van der Waals surface area contributed by atoms with Gasteiger partial charge < -0.3 is 10.3 Å². The second kappa shape index (κ2) is 6.74. The first kappa shape index (κ1) is 15.5. The molecule has 0 saturated carbocycles. The summed E-state index contributed by atoms with van der Waals surface area (Å²) in [7, 11) is 1.89. The van der Waals surface area contributed by atoms with Crippen LogP contribution in [0.15, 0.2) is 30.9 Å². The Kier molecular flexibility index (Phi) is 4.98. The highest BCUT2D eigenvalue weighted by Crippen LogP contribution is 2.17. The second-order valence-corrected chi connectivity index (χ2v) is 5.41. The smallest absolute Gasteiger partial charge is 0.237 e. The van der Waals surface area contributed by atoms with Gasteiger partial charge in [-0.05, 0) is 32.2 Å². The van der Waals surface area contributed by atoms with Crippen molar-refractivity contribution >= 4 is 28.5 Å². The number of carbonyl (C=O) groups excluding carboxylic acids is 1. The summed E-state index contributed by atoms with van der Waals surface area (Å²) in [5.41, 5.74) is 1.77. The SMILES string of the molecule is C=CCNC(=O)[C@@H](C)N(C)Cc1nc2ccc(Cl)cc2[nH]1. The van der Waals surface area contributed by atoms with Crippen LogP contribution in [0.2, 0.25) is 5.02 Å². The largest absolute Gasteiger partial charge is 0.351 e. The average molecular weight is 307 g/mol. The van der Waals surface area contributed by atoms with Crippen molar-refractivity contribution < 1.29 is 4.79 Å². The number of hydrogen-bond acceptors (Lipinski definition) is 3. The maximum Gasteiger partial charge on any atom is 0.237 e. The van der Waals surface area contributed by atoms with E-state index in [1.54, 1.807) is 6.08 Å². The summed E-state index contributed by atoms with van der Waals surface area (Å²) >= 11 is 5.95. The topological polar surface area (TPSA) is 61.0 Å². The molecule has 1 aromatic heterocycles. The zero-order chi connectivity index (χ0) is 15.4. The van der Waals surface area contributed by atoms with Gasteiger partial charge in [-0.15, -0.1) is 6.58 Å². The predicted octanol–water partition coefficient (Wildman–Crippen LogP) is 2.34. The van der Waals surface area contributed by atoms with Crippen molar-refractivity contribution in [2.75, 3.05) is 13.6 Å². The van der Waals surface area contributed by atoms with E-state index in [0.717, 1.165) is 16.9 Å². The summed E-state index contributed by atoms with van der Waals surface area (Å²) in [5, 5.41) is 3.46. The number of nitrogens with one attached hydrogen (secondary N) is 2. The number of hydrogen-bond donors (Lipinski definition) is 2. The van der Waals surface area contributed by atoms with Crippen molar-refractivity contribution in [2.45, 2.75) is 19.5 Å². The number of rotatable bonds is 6. The van der Waals surface area contributed by atoms with Gasteiger partial charge in [0.15, 0.2) is 0 Å². The first-order chi connectivity index (χ1) is 10.0. The van der Waals surface area contributed by atoms with Gasteiger partial charge >= 0.3 is 0 Å². The standard InChI is InChI=1S/C15H19ClN4O/c1-4-7-17-15(21)10(2)20(3)9-14-18-12-6-5-11(16)8-13(12)19-14/h4-6,8,10H,1,7,9H2,2-3H3,(H,17,21)(H,18,19)/t10-/m1/s1. The van der Waals surface area contributed by atoms with E-state index in [1.165, 1.54) is 0 Å². The molecule has 1 aromatic carbocycles. The van der Waals surface area contributed by atoms with E-state index >= 15 is 0 Å². The molecule has 5 nitrogen and oxygen atoms in total. The van der Waals surface area contributed by atoms with E-state index in [-0.39, 0.29) is 11.9 Å². The number of H-pyrrole nitrogens is 1. The Morgan fingerprint density at radius 1 is 1.62 bits per heavy atom. The van der Waals surface area contributed by atoms with Gasteiger partial charge in [-0.3, -0.25) is 9.69 Å². The van der Waals surface area contributed by atoms with Crippen LogP contribution in [-0.4, -0.2) is 40.4 Å². The molecular formula is C15H19ClN4O. The molecule has 0 bridgehead atoms. The zero-order valence-electron chi connectivity index (χ0n) is 12.2. The minimum absolute atomic E-state index is 0.0310. The van der Waals surface area contributed by atoms with Crippen LogP contribution in [0.25, 0.3) is 11.0 Å². The van der Waals surface area contributed by atoms with Gasteiger partial charge in [0.1, 0.15) is 5.82 Å². The Morgan fingerprint density at radius 2 is 2.38 bits per heavy atom. The van der Waals surface area contributed by atoms with Gasteiger partial charge in [0.05, 0.1) is 23.6 Å². The molecule has 1 amide bonds. The van der Waals surface area contributed by atoms with Crippen molar-refractivity contribution in [1.82, 2.24) is 20.2 Å². The van der Waals surface area contributed by atoms with E-state index in [2.05, 4.69) is 21.9 Å². The van der Waals surface area contributed by atoms with Crippen molar-refractivity contribution in [3.8, 4) is 0 Å². The van der Waals surface area contributed by atoms with Gasteiger partial charge in [0.25, 0.3) is 0 Å². The number of nitrogens with zero attached hydrogens (tertiary/aromatic N) is 2. The number of amides is 1. The first-order valence-corrected chi connectivity index (χ1v) is 7.12. The van der Waals surface area contributed by atoms with E-state index in [0.29, 0.717) is 18.1 Å². The summed E-state index contributed by atoms with van der Waals surface area (Å²) in [4.78, 5) is 21.5. The average Bonchev–Trinajstić information content (AvgIpc) is 2.84. The molecule has 0 aliphatic rings. The Labute approximate surface area is 129 Å². The van der Waals surface area contributed by atoms with Crippen LogP contribution in [0.1, 0.15) is 12.7 Å². The quantitative estimate of drug-likeness (QED) is 0.805. The summed E-state index contributed by atoms with van der Waals surface area (Å²) in [6, 6.07) is 5.27. The fourth-order valence-electron chi connectivity index (χ4n) is 2.00. The third kappa shape index (κ3) is 3.83. The lowest BCUT2D eigenvalue weighted by Crippen LogP contribution is -2.43. The second-order valence-electron chi connectivity index (χ2n) is 4.97. The number of carbonyl (C=O) groups is 1. The Balaban J connectivity index is 2.04. The number of likely N-dealkylation sites (N-methyl/N-ethyl adjacent to an activating group) is 1. The molecule has 0 aliphatic heterocycles. The van der Waals surface area contributed by atoms with Crippen molar-refractivity contribution in [3.05, 3.63) is 41.7 Å². The predicted molar refractivity (Wildman–Crippen MR) is 85.2 cm³/mol. The lowest BCUT2D eigenvalue weighted by molar-refractivity contribution is -0.125. The van der Waals surface area contributed by atoms with Crippen LogP contribution in [-0.2, 0) is 11.3 Å². The molecule has 0 aliphatic carbocycles. The maximum absolute atomic E-state index is 11.9. The Hall–Kier alpha value is -1.85. The van der Waals surface area contributed by atoms with E-state index in [9.17, 15) is 4.79 Å². The lowest BCUT2D eigenvalue weighted by Gasteiger charge is -2.22. The lowest BCUT2D eigenvalue weighted by atomic mass is 10.2. The summed E-state index contributed by atoms with van der Waals surface area (Å²) in [6.45, 7) is 6.46. The third-order valence-corrected chi connectivity index (χ3v) is 3.59. The summed E-state index contributed by atoms with van der Waals surface area (Å²) in [6.07, 6.45) is 1.66. The molecule has 0 saturated heterocycles. The highest BCUT2D eigenvalue weighted by atomic mass is 35.5. The van der Waals surface area contributed by atoms with Gasteiger partial charge in [0, 0.05) is 11.6 Å². The highest BCUT2D eigenvalue weighted by molar-refractivity contribution is 6.31. The normalized spacial score (nSPS) is 12.6.